The SMILES string of the molecule is Cc1cc2occ(C)c2c2c1C(=O)CC(C)C2. The molecule has 17 heavy (non-hydrogen) atoms. The molecule has 1 aromatic heterocycles. The van der Waals surface area contributed by atoms with Gasteiger partial charge in [0.05, 0.1) is 6.26 Å². The van der Waals surface area contributed by atoms with Crippen LogP contribution in [0.1, 0.15) is 40.4 Å². The molecular formula is C15H16O2. The lowest BCUT2D eigenvalue weighted by molar-refractivity contribution is 0.0953. The lowest BCUT2D eigenvalue weighted by atomic mass is 9.80. The molecule has 3 rings (SSSR count). The lowest BCUT2D eigenvalue weighted by Crippen LogP contribution is -2.19. The van der Waals surface area contributed by atoms with Crippen LogP contribution in [-0.4, -0.2) is 5.78 Å². The van der Waals surface area contributed by atoms with E-state index in [2.05, 4.69) is 6.92 Å². The number of furan rings is 1. The summed E-state index contributed by atoms with van der Waals surface area (Å²) in [5.74, 6) is 0.730. The van der Waals surface area contributed by atoms with Crippen molar-refractivity contribution in [3.63, 3.8) is 0 Å². The number of fused-ring (bicyclic) bond motifs is 3. The number of Topliss-reactive ketones (excluding diaryl/α,β-unsaturated/α-hetero) is 1. The summed E-state index contributed by atoms with van der Waals surface area (Å²) in [7, 11) is 0. The van der Waals surface area contributed by atoms with E-state index in [-0.39, 0.29) is 0 Å². The molecule has 0 spiro atoms. The van der Waals surface area contributed by atoms with Crippen LogP contribution < -0.4 is 0 Å². The zero-order valence-electron chi connectivity index (χ0n) is 10.5. The largest absolute Gasteiger partial charge is 0.464 e. The zero-order valence-corrected chi connectivity index (χ0v) is 10.5. The number of hydrogen-bond acceptors (Lipinski definition) is 2. The van der Waals surface area contributed by atoms with Crippen molar-refractivity contribution < 1.29 is 9.21 Å². The van der Waals surface area contributed by atoms with Crippen LogP contribution in [0.3, 0.4) is 0 Å². The predicted octanol–water partition coefficient (Wildman–Crippen LogP) is 3.81. The monoisotopic (exact) mass is 228 g/mol. The van der Waals surface area contributed by atoms with Crippen molar-refractivity contribution in [3.8, 4) is 0 Å². The number of ketones is 1. The highest BCUT2D eigenvalue weighted by molar-refractivity contribution is 6.05. The normalized spacial score (nSPS) is 19.7. The molecule has 1 aliphatic rings. The summed E-state index contributed by atoms with van der Waals surface area (Å²) < 4.78 is 5.55. The van der Waals surface area contributed by atoms with Crippen molar-refractivity contribution in [2.24, 2.45) is 5.92 Å². The first-order valence-corrected chi connectivity index (χ1v) is 6.11. The van der Waals surface area contributed by atoms with Crippen molar-refractivity contribution >= 4 is 16.8 Å². The molecule has 88 valence electrons. The first-order valence-electron chi connectivity index (χ1n) is 6.11. The fourth-order valence-corrected chi connectivity index (χ4v) is 3.02. The van der Waals surface area contributed by atoms with Gasteiger partial charge in [-0.05, 0) is 48.9 Å². The fraction of sp³-hybridized carbons (Fsp3) is 0.400. The Hall–Kier alpha value is -1.57. The van der Waals surface area contributed by atoms with Crippen LogP contribution in [0.15, 0.2) is 16.7 Å². The molecule has 0 amide bonds. The molecule has 1 unspecified atom stereocenters. The van der Waals surface area contributed by atoms with E-state index in [9.17, 15) is 4.79 Å². The molecular weight excluding hydrogens is 212 g/mol. The maximum Gasteiger partial charge on any atom is 0.163 e. The highest BCUT2D eigenvalue weighted by atomic mass is 16.3. The van der Waals surface area contributed by atoms with Crippen LogP contribution in [0, 0.1) is 19.8 Å². The molecule has 1 heterocycles. The minimum atomic E-state index is 0.291. The van der Waals surface area contributed by atoms with Crippen LogP contribution in [0.2, 0.25) is 0 Å². The first kappa shape index (κ1) is 10.6. The van der Waals surface area contributed by atoms with Gasteiger partial charge in [0.25, 0.3) is 0 Å². The van der Waals surface area contributed by atoms with Crippen LogP contribution in [0.5, 0.6) is 0 Å². The molecule has 0 radical (unpaired) electrons. The van der Waals surface area contributed by atoms with E-state index in [0.717, 1.165) is 34.1 Å². The second-order valence-electron chi connectivity index (χ2n) is 5.28. The zero-order chi connectivity index (χ0) is 12.2. The minimum absolute atomic E-state index is 0.291. The molecule has 1 aliphatic carbocycles. The first-order chi connectivity index (χ1) is 8.08. The van der Waals surface area contributed by atoms with Gasteiger partial charge in [0.1, 0.15) is 5.58 Å². The van der Waals surface area contributed by atoms with Crippen molar-refractivity contribution in [2.45, 2.75) is 33.6 Å². The molecule has 0 N–H and O–H groups in total. The lowest BCUT2D eigenvalue weighted by Gasteiger charge is -2.22. The molecule has 2 nitrogen and oxygen atoms in total. The average Bonchev–Trinajstić information content (AvgIpc) is 2.59. The maximum atomic E-state index is 12.2. The maximum absolute atomic E-state index is 12.2. The summed E-state index contributed by atoms with van der Waals surface area (Å²) >= 11 is 0. The Kier molecular flexibility index (Phi) is 2.15. The van der Waals surface area contributed by atoms with Gasteiger partial charge >= 0.3 is 0 Å². The second-order valence-corrected chi connectivity index (χ2v) is 5.28. The van der Waals surface area contributed by atoms with E-state index >= 15 is 0 Å². The molecule has 0 saturated heterocycles. The van der Waals surface area contributed by atoms with Gasteiger partial charge in [-0.2, -0.15) is 0 Å². The molecule has 1 atom stereocenters. The number of carbonyl (C=O) groups is 1. The van der Waals surface area contributed by atoms with E-state index < -0.39 is 0 Å². The van der Waals surface area contributed by atoms with Gasteiger partial charge in [-0.25, -0.2) is 0 Å². The van der Waals surface area contributed by atoms with E-state index in [1.54, 1.807) is 6.26 Å². The quantitative estimate of drug-likeness (QED) is 0.686. The second kappa shape index (κ2) is 3.46. The third-order valence-corrected chi connectivity index (χ3v) is 3.71. The van der Waals surface area contributed by atoms with E-state index in [1.165, 1.54) is 5.56 Å². The van der Waals surface area contributed by atoms with Crippen LogP contribution >= 0.6 is 0 Å². The van der Waals surface area contributed by atoms with Gasteiger partial charge < -0.3 is 4.42 Å². The molecule has 0 fully saturated rings. The smallest absolute Gasteiger partial charge is 0.163 e. The third kappa shape index (κ3) is 1.43. The summed E-state index contributed by atoms with van der Waals surface area (Å²) in [6, 6.07) is 2.00. The highest BCUT2D eigenvalue weighted by Crippen LogP contribution is 2.36. The average molecular weight is 228 g/mol. The Balaban J connectivity index is 2.42. The summed E-state index contributed by atoms with van der Waals surface area (Å²) in [4.78, 5) is 12.2. The van der Waals surface area contributed by atoms with Gasteiger partial charge in [-0.15, -0.1) is 0 Å². The van der Waals surface area contributed by atoms with Gasteiger partial charge in [-0.3, -0.25) is 4.79 Å². The number of benzene rings is 1. The van der Waals surface area contributed by atoms with Gasteiger partial charge in [-0.1, -0.05) is 6.92 Å². The van der Waals surface area contributed by atoms with Crippen molar-refractivity contribution in [1.29, 1.82) is 0 Å². The van der Waals surface area contributed by atoms with Crippen molar-refractivity contribution in [2.75, 3.05) is 0 Å². The van der Waals surface area contributed by atoms with Crippen LogP contribution in [0.25, 0.3) is 11.0 Å². The highest BCUT2D eigenvalue weighted by Gasteiger charge is 2.27. The summed E-state index contributed by atoms with van der Waals surface area (Å²) in [6.07, 6.45) is 3.45. The van der Waals surface area contributed by atoms with E-state index in [0.29, 0.717) is 18.1 Å². The third-order valence-electron chi connectivity index (χ3n) is 3.71. The number of aryl methyl sites for hydroxylation is 2. The Labute approximate surface area is 101 Å². The van der Waals surface area contributed by atoms with Crippen LogP contribution in [0.4, 0.5) is 0 Å². The summed E-state index contributed by atoms with van der Waals surface area (Å²) in [5, 5.41) is 1.16. The number of carbonyl (C=O) groups excluding carboxylic acids is 1. The van der Waals surface area contributed by atoms with Gasteiger partial charge in [0.2, 0.25) is 0 Å². The molecule has 2 aromatic rings. The fourth-order valence-electron chi connectivity index (χ4n) is 3.02. The van der Waals surface area contributed by atoms with Crippen molar-refractivity contribution in [3.05, 3.63) is 34.6 Å². The summed E-state index contributed by atoms with van der Waals surface area (Å²) in [5.41, 5.74) is 5.26. The molecule has 1 aromatic carbocycles. The number of rotatable bonds is 0. The van der Waals surface area contributed by atoms with Gasteiger partial charge in [0.15, 0.2) is 5.78 Å². The molecule has 2 heteroatoms. The van der Waals surface area contributed by atoms with E-state index in [4.69, 9.17) is 4.42 Å². The topological polar surface area (TPSA) is 30.2 Å². The predicted molar refractivity (Wildman–Crippen MR) is 67.5 cm³/mol. The molecule has 0 aliphatic heterocycles. The van der Waals surface area contributed by atoms with Crippen LogP contribution in [-0.2, 0) is 6.42 Å². The summed E-state index contributed by atoms with van der Waals surface area (Å²) in [6.45, 7) is 6.19. The van der Waals surface area contributed by atoms with Gasteiger partial charge in [0, 0.05) is 17.4 Å². The van der Waals surface area contributed by atoms with Crippen molar-refractivity contribution in [1.82, 2.24) is 0 Å². The van der Waals surface area contributed by atoms with E-state index in [1.807, 2.05) is 19.9 Å². The molecule has 0 bridgehead atoms. The molecule has 0 saturated carbocycles. The Morgan fingerprint density at radius 2 is 2.00 bits per heavy atom. The Morgan fingerprint density at radius 1 is 1.24 bits per heavy atom. The Morgan fingerprint density at radius 3 is 2.76 bits per heavy atom. The standard InChI is InChI=1S/C15H16O2/c1-8-4-11-14(12(16)5-8)9(2)6-13-15(11)10(3)7-17-13/h6-8H,4-5H2,1-3H3. The number of hydrogen-bond donors (Lipinski definition) is 0. The minimum Gasteiger partial charge on any atom is -0.464 e. The Bertz CT molecular complexity index is 619.